The van der Waals surface area contributed by atoms with Gasteiger partial charge in [-0.15, -0.1) is 11.3 Å². The minimum Gasteiger partial charge on any atom is -0.378 e. The van der Waals surface area contributed by atoms with E-state index in [2.05, 4.69) is 10.2 Å². The molecular weight excluding hydrogens is 374 g/mol. The number of amides is 2. The first kappa shape index (κ1) is 19.9. The lowest BCUT2D eigenvalue weighted by Gasteiger charge is -2.26. The number of rotatable bonds is 6. The minimum atomic E-state index is 0.0419. The van der Waals surface area contributed by atoms with E-state index in [4.69, 9.17) is 4.74 Å². The second-order valence-electron chi connectivity index (χ2n) is 8.10. The molecule has 6 nitrogen and oxygen atoms in total. The Bertz CT molecular complexity index is 693. The van der Waals surface area contributed by atoms with Crippen molar-refractivity contribution in [3.05, 3.63) is 21.4 Å². The number of aryl methyl sites for hydroxylation is 1. The first-order valence-electron chi connectivity index (χ1n) is 10.7. The van der Waals surface area contributed by atoms with E-state index in [1.807, 2.05) is 11.0 Å². The number of carbonyl (C=O) groups excluding carboxylic acids is 2. The van der Waals surface area contributed by atoms with E-state index < -0.39 is 0 Å². The summed E-state index contributed by atoms with van der Waals surface area (Å²) in [5, 5.41) is 3.14. The Hall–Kier alpha value is -1.44. The first-order valence-corrected chi connectivity index (χ1v) is 11.5. The van der Waals surface area contributed by atoms with Gasteiger partial charge in [0, 0.05) is 30.4 Å². The SMILES string of the molecule is O=C(NCCCN1CCCC1)C1CCc2sc(C(=O)N3CCOCC3)cc2C1. The highest BCUT2D eigenvalue weighted by atomic mass is 32.1. The molecule has 2 aliphatic heterocycles. The maximum atomic E-state index is 12.7. The molecule has 154 valence electrons. The molecule has 2 fully saturated rings. The lowest BCUT2D eigenvalue weighted by atomic mass is 9.87. The molecule has 7 heteroatoms. The molecule has 4 rings (SSSR count). The molecule has 0 bridgehead atoms. The molecule has 1 aromatic rings. The van der Waals surface area contributed by atoms with Crippen molar-refractivity contribution in [3.63, 3.8) is 0 Å². The summed E-state index contributed by atoms with van der Waals surface area (Å²) in [4.78, 5) is 31.8. The smallest absolute Gasteiger partial charge is 0.264 e. The molecule has 0 radical (unpaired) electrons. The van der Waals surface area contributed by atoms with Gasteiger partial charge in [0.15, 0.2) is 0 Å². The quantitative estimate of drug-likeness (QED) is 0.735. The summed E-state index contributed by atoms with van der Waals surface area (Å²) in [6, 6.07) is 2.03. The summed E-state index contributed by atoms with van der Waals surface area (Å²) in [6.07, 6.45) is 6.21. The van der Waals surface area contributed by atoms with Gasteiger partial charge in [-0.05, 0) is 69.8 Å². The Kier molecular flexibility index (Phi) is 6.65. The van der Waals surface area contributed by atoms with Gasteiger partial charge < -0.3 is 19.9 Å². The molecule has 0 spiro atoms. The van der Waals surface area contributed by atoms with Gasteiger partial charge in [0.1, 0.15) is 0 Å². The van der Waals surface area contributed by atoms with Crippen LogP contribution in [-0.4, -0.2) is 74.1 Å². The van der Waals surface area contributed by atoms with Gasteiger partial charge in [-0.2, -0.15) is 0 Å². The number of ether oxygens (including phenoxy) is 1. The van der Waals surface area contributed by atoms with E-state index in [0.717, 1.165) is 43.6 Å². The fourth-order valence-electron chi connectivity index (χ4n) is 4.44. The van der Waals surface area contributed by atoms with Crippen molar-refractivity contribution in [3.8, 4) is 0 Å². The van der Waals surface area contributed by atoms with Gasteiger partial charge in [-0.1, -0.05) is 0 Å². The number of likely N-dealkylation sites (tertiary alicyclic amines) is 1. The molecule has 1 N–H and O–H groups in total. The van der Waals surface area contributed by atoms with Crippen LogP contribution in [0, 0.1) is 5.92 Å². The van der Waals surface area contributed by atoms with E-state index in [9.17, 15) is 9.59 Å². The standard InChI is InChI=1S/C21H31N3O3S/c25-20(22-6-3-9-23-7-1-2-8-23)16-4-5-18-17(14-16)15-19(28-18)21(26)24-10-12-27-13-11-24/h15-16H,1-14H2,(H,22,25). The molecule has 1 aromatic heterocycles. The zero-order chi connectivity index (χ0) is 19.3. The van der Waals surface area contributed by atoms with Crippen molar-refractivity contribution in [2.75, 3.05) is 52.5 Å². The zero-order valence-corrected chi connectivity index (χ0v) is 17.4. The van der Waals surface area contributed by atoms with Crippen molar-refractivity contribution in [2.24, 2.45) is 5.92 Å². The van der Waals surface area contributed by atoms with Crippen LogP contribution in [0.2, 0.25) is 0 Å². The Labute approximate surface area is 171 Å². The fraction of sp³-hybridized carbons (Fsp3) is 0.714. The topological polar surface area (TPSA) is 61.9 Å². The second kappa shape index (κ2) is 9.37. The number of hydrogen-bond donors (Lipinski definition) is 1. The molecule has 3 heterocycles. The number of thiophene rings is 1. The Morgan fingerprint density at radius 1 is 1.18 bits per heavy atom. The van der Waals surface area contributed by atoms with Crippen LogP contribution >= 0.6 is 11.3 Å². The van der Waals surface area contributed by atoms with Crippen LogP contribution < -0.4 is 5.32 Å². The highest BCUT2D eigenvalue weighted by Crippen LogP contribution is 2.33. The summed E-state index contributed by atoms with van der Waals surface area (Å²) in [5.41, 5.74) is 1.20. The lowest BCUT2D eigenvalue weighted by molar-refractivity contribution is -0.125. The van der Waals surface area contributed by atoms with Crippen LogP contribution in [0.15, 0.2) is 6.07 Å². The lowest BCUT2D eigenvalue weighted by Crippen LogP contribution is -2.40. The minimum absolute atomic E-state index is 0.0419. The van der Waals surface area contributed by atoms with Gasteiger partial charge in [-0.25, -0.2) is 0 Å². The molecule has 0 aromatic carbocycles. The largest absolute Gasteiger partial charge is 0.378 e. The highest BCUT2D eigenvalue weighted by Gasteiger charge is 2.28. The number of carbonyl (C=O) groups is 2. The molecule has 3 aliphatic rings. The van der Waals surface area contributed by atoms with Crippen molar-refractivity contribution >= 4 is 23.2 Å². The molecule has 28 heavy (non-hydrogen) atoms. The number of morpholine rings is 1. The molecular formula is C21H31N3O3S. The van der Waals surface area contributed by atoms with Gasteiger partial charge in [0.25, 0.3) is 5.91 Å². The maximum Gasteiger partial charge on any atom is 0.264 e. The fourth-order valence-corrected chi connectivity index (χ4v) is 5.62. The summed E-state index contributed by atoms with van der Waals surface area (Å²) in [5.74, 6) is 0.338. The second-order valence-corrected chi connectivity index (χ2v) is 9.23. The van der Waals surface area contributed by atoms with Crippen LogP contribution in [0.1, 0.15) is 45.8 Å². The number of nitrogens with one attached hydrogen (secondary N) is 1. The third-order valence-corrected chi connectivity index (χ3v) is 7.34. The summed E-state index contributed by atoms with van der Waals surface area (Å²) in [7, 11) is 0. The maximum absolute atomic E-state index is 12.7. The van der Waals surface area contributed by atoms with Gasteiger partial charge in [0.05, 0.1) is 18.1 Å². The Morgan fingerprint density at radius 3 is 2.75 bits per heavy atom. The molecule has 1 aliphatic carbocycles. The van der Waals surface area contributed by atoms with Crippen LogP contribution in [-0.2, 0) is 22.4 Å². The zero-order valence-electron chi connectivity index (χ0n) is 16.6. The van der Waals surface area contributed by atoms with E-state index >= 15 is 0 Å². The summed E-state index contributed by atoms with van der Waals surface area (Å²) < 4.78 is 5.34. The van der Waals surface area contributed by atoms with Crippen LogP contribution in [0.25, 0.3) is 0 Å². The van der Waals surface area contributed by atoms with Crippen LogP contribution in [0.5, 0.6) is 0 Å². The van der Waals surface area contributed by atoms with E-state index in [1.54, 1.807) is 11.3 Å². The van der Waals surface area contributed by atoms with Crippen LogP contribution in [0.4, 0.5) is 0 Å². The highest BCUT2D eigenvalue weighted by molar-refractivity contribution is 7.14. The normalized spacial score (nSPS) is 22.9. The first-order chi connectivity index (χ1) is 13.7. The van der Waals surface area contributed by atoms with E-state index in [0.29, 0.717) is 26.3 Å². The van der Waals surface area contributed by atoms with E-state index in [-0.39, 0.29) is 17.7 Å². The summed E-state index contributed by atoms with van der Waals surface area (Å²) in [6.45, 7) is 6.86. The van der Waals surface area contributed by atoms with Crippen molar-refractivity contribution in [1.82, 2.24) is 15.1 Å². The third kappa shape index (κ3) is 4.75. The average molecular weight is 406 g/mol. The van der Waals surface area contributed by atoms with Crippen LogP contribution in [0.3, 0.4) is 0 Å². The Morgan fingerprint density at radius 2 is 1.96 bits per heavy atom. The molecule has 2 amide bonds. The van der Waals surface area contributed by atoms with Gasteiger partial charge >= 0.3 is 0 Å². The molecule has 1 atom stereocenters. The predicted molar refractivity (Wildman–Crippen MR) is 110 cm³/mol. The van der Waals surface area contributed by atoms with Gasteiger partial charge in [0.2, 0.25) is 5.91 Å². The number of nitrogens with zero attached hydrogens (tertiary/aromatic N) is 2. The molecule has 0 saturated carbocycles. The number of hydrogen-bond acceptors (Lipinski definition) is 5. The number of fused-ring (bicyclic) bond motifs is 1. The van der Waals surface area contributed by atoms with Crippen molar-refractivity contribution < 1.29 is 14.3 Å². The van der Waals surface area contributed by atoms with Crippen molar-refractivity contribution in [2.45, 2.75) is 38.5 Å². The third-order valence-electron chi connectivity index (χ3n) is 6.11. The molecule has 2 saturated heterocycles. The summed E-state index contributed by atoms with van der Waals surface area (Å²) >= 11 is 1.62. The molecule has 1 unspecified atom stereocenters. The van der Waals surface area contributed by atoms with E-state index in [1.165, 1.54) is 36.4 Å². The Balaban J connectivity index is 1.26. The predicted octanol–water partition coefficient (Wildman–Crippen LogP) is 1.93. The van der Waals surface area contributed by atoms with Crippen molar-refractivity contribution in [1.29, 1.82) is 0 Å². The average Bonchev–Trinajstić information content (AvgIpc) is 3.40. The monoisotopic (exact) mass is 405 g/mol. The van der Waals surface area contributed by atoms with Gasteiger partial charge in [-0.3, -0.25) is 9.59 Å².